The smallest absolute Gasteiger partial charge is 0.338 e. The highest BCUT2D eigenvalue weighted by molar-refractivity contribution is 14.1. The van der Waals surface area contributed by atoms with Crippen LogP contribution in [0.25, 0.3) is 0 Å². The van der Waals surface area contributed by atoms with E-state index in [0.717, 1.165) is 16.4 Å². The molecule has 0 radical (unpaired) electrons. The second-order valence-corrected chi connectivity index (χ2v) is 6.33. The van der Waals surface area contributed by atoms with Crippen LogP contribution in [-0.4, -0.2) is 41.9 Å². The monoisotopic (exact) mass is 416 g/mol. The molecule has 22 heavy (non-hydrogen) atoms. The molecule has 2 N–H and O–H groups in total. The fourth-order valence-electron chi connectivity index (χ4n) is 2.43. The number of carbonyl (C=O) groups is 3. The Morgan fingerprint density at radius 3 is 2.77 bits per heavy atom. The molecule has 0 spiro atoms. The Morgan fingerprint density at radius 2 is 2.09 bits per heavy atom. The van der Waals surface area contributed by atoms with Gasteiger partial charge in [0.15, 0.2) is 6.61 Å². The van der Waals surface area contributed by atoms with Crippen LogP contribution >= 0.6 is 22.6 Å². The Bertz CT molecular complexity index is 591. The lowest BCUT2D eigenvalue weighted by Crippen LogP contribution is -2.51. The van der Waals surface area contributed by atoms with E-state index >= 15 is 0 Å². The predicted molar refractivity (Wildman–Crippen MR) is 88.0 cm³/mol. The van der Waals surface area contributed by atoms with Crippen LogP contribution in [0.1, 0.15) is 29.6 Å². The molecule has 0 aromatic heterocycles. The summed E-state index contributed by atoms with van der Waals surface area (Å²) >= 11 is 2.09. The Kier molecular flexibility index (Phi) is 5.76. The van der Waals surface area contributed by atoms with Crippen molar-refractivity contribution in [2.45, 2.75) is 25.3 Å². The minimum atomic E-state index is -0.599. The van der Waals surface area contributed by atoms with Gasteiger partial charge in [0.2, 0.25) is 5.91 Å². The average Bonchev–Trinajstić information content (AvgIpc) is 2.52. The fraction of sp³-hybridized carbons (Fsp3) is 0.400. The second-order valence-electron chi connectivity index (χ2n) is 5.09. The summed E-state index contributed by atoms with van der Waals surface area (Å²) in [4.78, 5) is 36.9. The molecular formula is C15H17IN2O4. The second kappa shape index (κ2) is 7.57. The molecule has 0 aliphatic carbocycles. The molecule has 1 aromatic rings. The number of rotatable bonds is 4. The zero-order chi connectivity index (χ0) is 16.1. The van der Waals surface area contributed by atoms with Gasteiger partial charge in [-0.2, -0.15) is 0 Å². The van der Waals surface area contributed by atoms with E-state index in [4.69, 9.17) is 10.5 Å². The lowest BCUT2D eigenvalue weighted by Gasteiger charge is -2.33. The third-order valence-electron chi connectivity index (χ3n) is 3.54. The van der Waals surface area contributed by atoms with Gasteiger partial charge < -0.3 is 15.4 Å². The zero-order valence-electron chi connectivity index (χ0n) is 12.0. The van der Waals surface area contributed by atoms with E-state index in [1.165, 1.54) is 4.90 Å². The van der Waals surface area contributed by atoms with Crippen LogP contribution in [0.4, 0.5) is 0 Å². The van der Waals surface area contributed by atoms with Gasteiger partial charge >= 0.3 is 5.97 Å². The Morgan fingerprint density at radius 1 is 1.32 bits per heavy atom. The molecular weight excluding hydrogens is 399 g/mol. The lowest BCUT2D eigenvalue weighted by atomic mass is 10.0. The molecule has 118 valence electrons. The van der Waals surface area contributed by atoms with E-state index in [9.17, 15) is 14.4 Å². The number of hydrogen-bond acceptors (Lipinski definition) is 4. The Balaban J connectivity index is 1.94. The normalized spacial score (nSPS) is 17.9. The van der Waals surface area contributed by atoms with Crippen LogP contribution in [0.3, 0.4) is 0 Å². The standard InChI is InChI=1S/C15H17IN2O4/c16-11-5-3-4-10(8-11)15(21)22-9-13(19)18-7-2-1-6-12(18)14(17)20/h3-5,8,12H,1-2,6-7,9H2,(H2,17,20)/t12-/m1/s1. The quantitative estimate of drug-likeness (QED) is 0.592. The van der Waals surface area contributed by atoms with E-state index in [1.54, 1.807) is 18.2 Å². The van der Waals surface area contributed by atoms with E-state index in [1.807, 2.05) is 6.07 Å². The van der Waals surface area contributed by atoms with Crippen LogP contribution in [0, 0.1) is 3.57 Å². The predicted octanol–water partition coefficient (Wildman–Crippen LogP) is 1.31. The van der Waals surface area contributed by atoms with E-state index in [-0.39, 0.29) is 12.5 Å². The maximum Gasteiger partial charge on any atom is 0.338 e. The first kappa shape index (κ1) is 16.7. The van der Waals surface area contributed by atoms with Crippen molar-refractivity contribution in [2.24, 2.45) is 5.73 Å². The van der Waals surface area contributed by atoms with Crippen molar-refractivity contribution in [1.82, 2.24) is 4.90 Å². The summed E-state index contributed by atoms with van der Waals surface area (Å²) in [5.74, 6) is -1.46. The van der Waals surface area contributed by atoms with Gasteiger partial charge in [-0.25, -0.2) is 4.79 Å². The molecule has 1 aromatic carbocycles. The Labute approximate surface area is 142 Å². The first-order valence-corrected chi connectivity index (χ1v) is 8.08. The fourth-order valence-corrected chi connectivity index (χ4v) is 2.98. The number of piperidine rings is 1. The van der Waals surface area contributed by atoms with Crippen LogP contribution < -0.4 is 5.73 Å². The van der Waals surface area contributed by atoms with Crippen molar-refractivity contribution in [1.29, 1.82) is 0 Å². The number of esters is 1. The number of benzene rings is 1. The first-order valence-electron chi connectivity index (χ1n) is 7.00. The van der Waals surface area contributed by atoms with Gasteiger partial charge in [0.1, 0.15) is 6.04 Å². The number of amides is 2. The highest BCUT2D eigenvalue weighted by Gasteiger charge is 2.31. The number of likely N-dealkylation sites (tertiary alicyclic amines) is 1. The number of nitrogens with two attached hydrogens (primary N) is 1. The minimum absolute atomic E-state index is 0.381. The summed E-state index contributed by atoms with van der Waals surface area (Å²) < 4.78 is 5.95. The zero-order valence-corrected chi connectivity index (χ0v) is 14.1. The highest BCUT2D eigenvalue weighted by Crippen LogP contribution is 2.17. The molecule has 0 bridgehead atoms. The van der Waals surface area contributed by atoms with Gasteiger partial charge in [0, 0.05) is 10.1 Å². The number of carbonyl (C=O) groups excluding carboxylic acids is 3. The molecule has 2 rings (SSSR count). The first-order chi connectivity index (χ1) is 10.5. The Hall–Kier alpha value is -1.64. The van der Waals surface area contributed by atoms with Crippen molar-refractivity contribution in [2.75, 3.05) is 13.2 Å². The van der Waals surface area contributed by atoms with Crippen molar-refractivity contribution in [3.63, 3.8) is 0 Å². The van der Waals surface area contributed by atoms with Crippen molar-refractivity contribution >= 4 is 40.4 Å². The van der Waals surface area contributed by atoms with Crippen LogP contribution in [0.15, 0.2) is 24.3 Å². The van der Waals surface area contributed by atoms with Crippen molar-refractivity contribution in [3.8, 4) is 0 Å². The van der Waals surface area contributed by atoms with Gasteiger partial charge in [0.25, 0.3) is 5.91 Å². The third kappa shape index (κ3) is 4.19. The minimum Gasteiger partial charge on any atom is -0.452 e. The molecule has 2 amide bonds. The molecule has 0 unspecified atom stereocenters. The maximum atomic E-state index is 12.2. The number of ether oxygens (including phenoxy) is 1. The summed E-state index contributed by atoms with van der Waals surface area (Å²) in [6, 6.07) is 6.31. The molecule has 6 nitrogen and oxygen atoms in total. The molecule has 1 heterocycles. The molecule has 1 aliphatic rings. The molecule has 0 saturated carbocycles. The summed E-state index contributed by atoms with van der Waals surface area (Å²) in [5.41, 5.74) is 5.71. The molecule has 1 aliphatic heterocycles. The number of nitrogens with zero attached hydrogens (tertiary/aromatic N) is 1. The van der Waals surface area contributed by atoms with Gasteiger partial charge in [-0.05, 0) is 60.1 Å². The van der Waals surface area contributed by atoms with Crippen LogP contribution in [0.2, 0.25) is 0 Å². The average molecular weight is 416 g/mol. The maximum absolute atomic E-state index is 12.2. The summed E-state index contributed by atoms with van der Waals surface area (Å²) in [7, 11) is 0. The molecule has 7 heteroatoms. The molecule has 1 atom stereocenters. The van der Waals surface area contributed by atoms with Gasteiger partial charge in [-0.1, -0.05) is 6.07 Å². The topological polar surface area (TPSA) is 89.7 Å². The highest BCUT2D eigenvalue weighted by atomic mass is 127. The lowest BCUT2D eigenvalue weighted by molar-refractivity contribution is -0.143. The largest absolute Gasteiger partial charge is 0.452 e. The number of primary amides is 1. The van der Waals surface area contributed by atoms with Gasteiger partial charge in [-0.3, -0.25) is 9.59 Å². The van der Waals surface area contributed by atoms with Crippen molar-refractivity contribution in [3.05, 3.63) is 33.4 Å². The number of halogens is 1. The van der Waals surface area contributed by atoms with Gasteiger partial charge in [-0.15, -0.1) is 0 Å². The summed E-state index contributed by atoms with van der Waals surface area (Å²) in [6.07, 6.45) is 2.24. The van der Waals surface area contributed by atoms with Crippen molar-refractivity contribution < 1.29 is 19.1 Å². The molecule has 1 fully saturated rings. The van der Waals surface area contributed by atoms with E-state index in [2.05, 4.69) is 22.6 Å². The molecule has 1 saturated heterocycles. The van der Waals surface area contributed by atoms with Crippen LogP contribution in [-0.2, 0) is 14.3 Å². The van der Waals surface area contributed by atoms with Gasteiger partial charge in [0.05, 0.1) is 5.56 Å². The number of hydrogen-bond donors (Lipinski definition) is 1. The summed E-state index contributed by atoms with van der Waals surface area (Å²) in [6.45, 7) is 0.0846. The van der Waals surface area contributed by atoms with E-state index < -0.39 is 17.9 Å². The van der Waals surface area contributed by atoms with E-state index in [0.29, 0.717) is 18.5 Å². The third-order valence-corrected chi connectivity index (χ3v) is 4.21. The van der Waals surface area contributed by atoms with Crippen LogP contribution in [0.5, 0.6) is 0 Å². The SMILES string of the molecule is NC(=O)[C@H]1CCCCN1C(=O)COC(=O)c1cccc(I)c1. The summed E-state index contributed by atoms with van der Waals surface area (Å²) in [5, 5.41) is 0.